The summed E-state index contributed by atoms with van der Waals surface area (Å²) in [6.45, 7) is 4.30. The number of hydrogen-bond donors (Lipinski definition) is 1. The Morgan fingerprint density at radius 1 is 0.766 bits per heavy atom. The number of esters is 1. The van der Waals surface area contributed by atoms with Gasteiger partial charge in [0.2, 0.25) is 0 Å². The molecule has 0 aliphatic carbocycles. The van der Waals surface area contributed by atoms with Gasteiger partial charge >= 0.3 is 11.9 Å². The third-order valence-electron chi connectivity index (χ3n) is 8.61. The molecule has 3 aromatic rings. The fraction of sp³-hybridized carbons (Fsp3) is 0.500. The van der Waals surface area contributed by atoms with Crippen LogP contribution in [0.4, 0.5) is 0 Å². The third kappa shape index (κ3) is 12.8. The van der Waals surface area contributed by atoms with Crippen LogP contribution in [0.15, 0.2) is 66.7 Å². The lowest BCUT2D eigenvalue weighted by Gasteiger charge is -2.22. The van der Waals surface area contributed by atoms with Crippen molar-refractivity contribution in [2.24, 2.45) is 0 Å². The maximum Gasteiger partial charge on any atom is 0.343 e. The van der Waals surface area contributed by atoms with Gasteiger partial charge in [-0.05, 0) is 111 Å². The van der Waals surface area contributed by atoms with Crippen molar-refractivity contribution in [3.8, 4) is 22.6 Å². The molecule has 0 amide bonds. The van der Waals surface area contributed by atoms with E-state index in [0.29, 0.717) is 34.8 Å². The number of aryl methyl sites for hydroxylation is 1. The maximum atomic E-state index is 12.8. The molecule has 0 aromatic heterocycles. The third-order valence-corrected chi connectivity index (χ3v) is 8.61. The Kier molecular flexibility index (Phi) is 15.8. The van der Waals surface area contributed by atoms with Crippen LogP contribution in [0.25, 0.3) is 11.1 Å². The van der Waals surface area contributed by atoms with Crippen LogP contribution in [0, 0.1) is 0 Å². The van der Waals surface area contributed by atoms with Crippen molar-refractivity contribution in [1.82, 2.24) is 0 Å². The van der Waals surface area contributed by atoms with Crippen LogP contribution in [0.1, 0.15) is 123 Å². The molecule has 0 radical (unpaired) electrons. The first-order valence-corrected chi connectivity index (χ1v) is 17.7. The largest absolute Gasteiger partial charge is 0.494 e. The predicted molar refractivity (Wildman–Crippen MR) is 185 cm³/mol. The average molecular weight is 645 g/mol. The number of aromatic carboxylic acids is 1. The van der Waals surface area contributed by atoms with Gasteiger partial charge in [0.05, 0.1) is 17.7 Å². The lowest BCUT2D eigenvalue weighted by Crippen LogP contribution is -2.22. The number of carboxylic acid groups (broad SMARTS) is 1. The standard InChI is InChI=1S/C40H52O7/c1-2-3-4-5-6-7-10-15-31-17-19-33(20-18-31)40(43)47-34-23-21-32(22-24-34)37-30-35(25-26-36(37)39(41)42)44-27-12-8-9-13-28-45-38-16-11-14-29-46-38/h17-26,30,38H,2-16,27-29H2,1H3,(H,41,42). The van der Waals surface area contributed by atoms with Crippen molar-refractivity contribution >= 4 is 11.9 Å². The zero-order chi connectivity index (χ0) is 33.1. The van der Waals surface area contributed by atoms with Gasteiger partial charge in [0.15, 0.2) is 6.29 Å². The monoisotopic (exact) mass is 644 g/mol. The number of unbranched alkanes of at least 4 members (excludes halogenated alkanes) is 9. The normalized spacial score (nSPS) is 14.5. The van der Waals surface area contributed by atoms with E-state index in [-0.39, 0.29) is 11.9 Å². The first-order chi connectivity index (χ1) is 23.0. The fourth-order valence-corrected chi connectivity index (χ4v) is 5.81. The molecule has 47 heavy (non-hydrogen) atoms. The molecule has 4 rings (SSSR count). The van der Waals surface area contributed by atoms with Gasteiger partial charge in [0, 0.05) is 13.2 Å². The molecule has 1 N–H and O–H groups in total. The second-order valence-electron chi connectivity index (χ2n) is 12.4. The van der Waals surface area contributed by atoms with Crippen molar-refractivity contribution < 1.29 is 33.6 Å². The number of carbonyl (C=O) groups is 2. The molecular weight excluding hydrogens is 592 g/mol. The topological polar surface area (TPSA) is 91.3 Å². The Bertz CT molecular complexity index is 1340. The highest BCUT2D eigenvalue weighted by Crippen LogP contribution is 2.30. The van der Waals surface area contributed by atoms with Crippen molar-refractivity contribution in [1.29, 1.82) is 0 Å². The number of hydrogen-bond acceptors (Lipinski definition) is 6. The van der Waals surface area contributed by atoms with Gasteiger partial charge in [-0.2, -0.15) is 0 Å². The van der Waals surface area contributed by atoms with E-state index in [4.69, 9.17) is 18.9 Å². The average Bonchev–Trinajstić information content (AvgIpc) is 3.10. The number of rotatable bonds is 21. The van der Waals surface area contributed by atoms with E-state index in [2.05, 4.69) is 6.92 Å². The van der Waals surface area contributed by atoms with Gasteiger partial charge in [0.1, 0.15) is 11.5 Å². The molecule has 1 aliphatic heterocycles. The Labute approximate surface area is 280 Å². The van der Waals surface area contributed by atoms with Crippen LogP contribution in [0.3, 0.4) is 0 Å². The van der Waals surface area contributed by atoms with E-state index in [1.807, 2.05) is 24.3 Å². The molecule has 1 unspecified atom stereocenters. The minimum Gasteiger partial charge on any atom is -0.494 e. The van der Waals surface area contributed by atoms with Gasteiger partial charge in [-0.3, -0.25) is 0 Å². The number of carbonyl (C=O) groups excluding carboxylic acids is 1. The van der Waals surface area contributed by atoms with Gasteiger partial charge in [-0.25, -0.2) is 9.59 Å². The Morgan fingerprint density at radius 3 is 2.15 bits per heavy atom. The molecular formula is C40H52O7. The van der Waals surface area contributed by atoms with Gasteiger partial charge in [0.25, 0.3) is 0 Å². The zero-order valence-electron chi connectivity index (χ0n) is 28.1. The summed E-state index contributed by atoms with van der Waals surface area (Å²) in [6, 6.07) is 19.6. The van der Waals surface area contributed by atoms with Crippen LogP contribution >= 0.6 is 0 Å². The number of carboxylic acids is 1. The van der Waals surface area contributed by atoms with Crippen LogP contribution in [-0.2, 0) is 15.9 Å². The van der Waals surface area contributed by atoms with E-state index in [1.54, 1.807) is 42.5 Å². The molecule has 1 atom stereocenters. The van der Waals surface area contributed by atoms with Crippen molar-refractivity contribution in [2.75, 3.05) is 19.8 Å². The molecule has 7 nitrogen and oxygen atoms in total. The minimum absolute atomic E-state index is 0.0338. The smallest absolute Gasteiger partial charge is 0.343 e. The highest BCUT2D eigenvalue weighted by molar-refractivity contribution is 5.96. The minimum atomic E-state index is -1.02. The SMILES string of the molecule is CCCCCCCCCc1ccc(C(=O)Oc2ccc(-c3cc(OCCCCCCOC4CCCCO4)ccc3C(=O)O)cc2)cc1. The van der Waals surface area contributed by atoms with Crippen LogP contribution in [0.2, 0.25) is 0 Å². The summed E-state index contributed by atoms with van der Waals surface area (Å²) in [6.07, 6.45) is 17.2. The maximum absolute atomic E-state index is 12.8. The molecule has 7 heteroatoms. The molecule has 1 aliphatic rings. The summed E-state index contributed by atoms with van der Waals surface area (Å²) in [5.74, 6) is -0.425. The van der Waals surface area contributed by atoms with Crippen molar-refractivity contribution in [2.45, 2.75) is 110 Å². The number of benzene rings is 3. The van der Waals surface area contributed by atoms with E-state index < -0.39 is 11.9 Å². The Hall–Kier alpha value is -3.68. The number of ether oxygens (including phenoxy) is 4. The lowest BCUT2D eigenvalue weighted by atomic mass is 9.99. The van der Waals surface area contributed by atoms with Crippen LogP contribution in [-0.4, -0.2) is 43.2 Å². The quantitative estimate of drug-likeness (QED) is 0.0701. The molecule has 1 heterocycles. The molecule has 1 fully saturated rings. The van der Waals surface area contributed by atoms with E-state index >= 15 is 0 Å². The first kappa shape index (κ1) is 36.2. The molecule has 0 spiro atoms. The van der Waals surface area contributed by atoms with Crippen molar-refractivity contribution in [3.05, 3.63) is 83.4 Å². The molecule has 3 aromatic carbocycles. The molecule has 1 saturated heterocycles. The van der Waals surface area contributed by atoms with E-state index in [1.165, 1.54) is 50.5 Å². The lowest BCUT2D eigenvalue weighted by molar-refractivity contribution is -0.162. The fourth-order valence-electron chi connectivity index (χ4n) is 5.81. The molecule has 254 valence electrons. The second-order valence-corrected chi connectivity index (χ2v) is 12.4. The Morgan fingerprint density at radius 2 is 1.45 bits per heavy atom. The van der Waals surface area contributed by atoms with Gasteiger partial charge in [-0.1, -0.05) is 76.1 Å². The molecule has 0 saturated carbocycles. The van der Waals surface area contributed by atoms with Crippen LogP contribution < -0.4 is 9.47 Å². The first-order valence-electron chi connectivity index (χ1n) is 17.7. The van der Waals surface area contributed by atoms with Crippen LogP contribution in [0.5, 0.6) is 11.5 Å². The summed E-state index contributed by atoms with van der Waals surface area (Å²) >= 11 is 0. The Balaban J connectivity index is 1.21. The highest BCUT2D eigenvalue weighted by Gasteiger charge is 2.15. The summed E-state index contributed by atoms with van der Waals surface area (Å²) in [5, 5.41) is 9.81. The second kappa shape index (κ2) is 20.5. The van der Waals surface area contributed by atoms with Crippen molar-refractivity contribution in [3.63, 3.8) is 0 Å². The zero-order valence-corrected chi connectivity index (χ0v) is 28.1. The highest BCUT2D eigenvalue weighted by atomic mass is 16.7. The van der Waals surface area contributed by atoms with E-state index in [0.717, 1.165) is 64.6 Å². The summed E-state index contributed by atoms with van der Waals surface area (Å²) in [7, 11) is 0. The summed E-state index contributed by atoms with van der Waals surface area (Å²) in [4.78, 5) is 24.8. The summed E-state index contributed by atoms with van der Waals surface area (Å²) in [5.41, 5.74) is 3.15. The van der Waals surface area contributed by atoms with Gasteiger partial charge < -0.3 is 24.1 Å². The van der Waals surface area contributed by atoms with E-state index in [9.17, 15) is 14.7 Å². The summed E-state index contributed by atoms with van der Waals surface area (Å²) < 4.78 is 23.0. The molecule has 0 bridgehead atoms. The van der Waals surface area contributed by atoms with Gasteiger partial charge in [-0.15, -0.1) is 0 Å². The predicted octanol–water partition coefficient (Wildman–Crippen LogP) is 10.0.